The average molecular weight is 344 g/mol. The highest BCUT2D eigenvalue weighted by atomic mass is 35.5. The zero-order valence-corrected chi connectivity index (χ0v) is 11.6. The number of aldehydes is 1. The van der Waals surface area contributed by atoms with Crippen LogP contribution in [0, 0.1) is 0 Å². The fraction of sp³-hybridized carbons (Fsp3) is 0.0909. The lowest BCUT2D eigenvalue weighted by atomic mass is 10.2. The highest BCUT2D eigenvalue weighted by Crippen LogP contribution is 2.38. The molecule has 0 aliphatic rings. The molecule has 0 saturated carbocycles. The first-order valence-corrected chi connectivity index (χ1v) is 6.14. The highest BCUT2D eigenvalue weighted by molar-refractivity contribution is 6.38. The van der Waals surface area contributed by atoms with Crippen molar-refractivity contribution in [3.8, 4) is 5.69 Å². The molecule has 0 aliphatic heterocycles. The monoisotopic (exact) mass is 342 g/mol. The van der Waals surface area contributed by atoms with E-state index in [4.69, 9.17) is 34.8 Å². The van der Waals surface area contributed by atoms with Crippen molar-refractivity contribution < 1.29 is 18.0 Å². The minimum absolute atomic E-state index is 0.0283. The molecule has 2 aromatic rings. The first kappa shape index (κ1) is 15.2. The molecule has 0 N–H and O–H groups in total. The van der Waals surface area contributed by atoms with Gasteiger partial charge in [0.15, 0.2) is 6.29 Å². The molecule has 0 saturated heterocycles. The minimum Gasteiger partial charge on any atom is -0.298 e. The van der Waals surface area contributed by atoms with E-state index in [1.807, 2.05) is 0 Å². The normalized spacial score (nSPS) is 11.7. The Balaban J connectivity index is 2.64. The average Bonchev–Trinajstić information content (AvgIpc) is 2.69. The summed E-state index contributed by atoms with van der Waals surface area (Å²) < 4.78 is 38.8. The number of aromatic nitrogens is 2. The summed E-state index contributed by atoms with van der Waals surface area (Å²) in [6, 6.07) is 1.42. The molecule has 0 amide bonds. The Labute approximate surface area is 125 Å². The Hall–Kier alpha value is -1.24. The first-order valence-electron chi connectivity index (χ1n) is 5.01. The van der Waals surface area contributed by atoms with E-state index in [0.717, 1.165) is 10.9 Å². The number of halogens is 6. The van der Waals surface area contributed by atoms with E-state index in [2.05, 4.69) is 5.10 Å². The predicted octanol–water partition coefficient (Wildman–Crippen LogP) is 4.66. The molecule has 0 bridgehead atoms. The van der Waals surface area contributed by atoms with Crippen molar-refractivity contribution in [1.82, 2.24) is 9.78 Å². The third-order valence-electron chi connectivity index (χ3n) is 2.42. The van der Waals surface area contributed by atoms with E-state index in [-0.39, 0.29) is 26.4 Å². The number of hydrogen-bond donors (Lipinski definition) is 0. The molecule has 3 nitrogen and oxygen atoms in total. The molecule has 9 heteroatoms. The van der Waals surface area contributed by atoms with Crippen LogP contribution >= 0.6 is 34.8 Å². The highest BCUT2D eigenvalue weighted by Gasteiger charge is 2.32. The van der Waals surface area contributed by atoms with Crippen molar-refractivity contribution in [2.24, 2.45) is 0 Å². The lowest BCUT2D eigenvalue weighted by molar-refractivity contribution is -0.137. The van der Waals surface area contributed by atoms with Gasteiger partial charge >= 0.3 is 6.18 Å². The molecule has 0 unspecified atom stereocenters. The molecule has 0 radical (unpaired) electrons. The molecule has 0 spiro atoms. The van der Waals surface area contributed by atoms with Gasteiger partial charge in [-0.1, -0.05) is 34.8 Å². The molecule has 0 fully saturated rings. The summed E-state index contributed by atoms with van der Waals surface area (Å²) in [6.07, 6.45) is -2.97. The summed E-state index contributed by atoms with van der Waals surface area (Å²) in [7, 11) is 0. The Morgan fingerprint density at radius 1 is 1.15 bits per heavy atom. The molecular weight excluding hydrogens is 339 g/mol. The number of benzene rings is 1. The van der Waals surface area contributed by atoms with Crippen molar-refractivity contribution in [3.05, 3.63) is 44.7 Å². The summed E-state index contributed by atoms with van der Waals surface area (Å²) in [4.78, 5) is 10.7. The van der Waals surface area contributed by atoms with Crippen LogP contribution in [0.25, 0.3) is 5.69 Å². The van der Waals surface area contributed by atoms with Crippen LogP contribution in [-0.4, -0.2) is 16.1 Å². The van der Waals surface area contributed by atoms with E-state index < -0.39 is 11.7 Å². The summed E-state index contributed by atoms with van der Waals surface area (Å²) in [6.45, 7) is 0. The molecule has 1 heterocycles. The minimum atomic E-state index is -4.58. The van der Waals surface area contributed by atoms with Crippen molar-refractivity contribution in [2.75, 3.05) is 0 Å². The molecular formula is C11H4Cl3F3N2O. The fourth-order valence-corrected chi connectivity index (χ4v) is 2.38. The number of hydrogen-bond acceptors (Lipinski definition) is 2. The van der Waals surface area contributed by atoms with Crippen LogP contribution in [0.2, 0.25) is 15.2 Å². The number of nitrogens with zero attached hydrogens (tertiary/aromatic N) is 2. The van der Waals surface area contributed by atoms with Crippen LogP contribution in [0.5, 0.6) is 0 Å². The summed E-state index contributed by atoms with van der Waals surface area (Å²) >= 11 is 17.5. The maximum Gasteiger partial charge on any atom is 0.416 e. The first-order chi connectivity index (χ1) is 9.25. The van der Waals surface area contributed by atoms with Gasteiger partial charge in [-0.05, 0) is 12.1 Å². The quantitative estimate of drug-likeness (QED) is 0.743. The second kappa shape index (κ2) is 5.27. The molecule has 1 aromatic heterocycles. The smallest absolute Gasteiger partial charge is 0.298 e. The van der Waals surface area contributed by atoms with E-state index >= 15 is 0 Å². The second-order valence-corrected chi connectivity index (χ2v) is 4.88. The van der Waals surface area contributed by atoms with Crippen LogP contribution in [0.4, 0.5) is 13.2 Å². The van der Waals surface area contributed by atoms with Crippen molar-refractivity contribution in [2.45, 2.75) is 6.18 Å². The maximum atomic E-state index is 12.6. The zero-order chi connectivity index (χ0) is 15.1. The topological polar surface area (TPSA) is 34.9 Å². The Morgan fingerprint density at radius 2 is 1.70 bits per heavy atom. The van der Waals surface area contributed by atoms with Gasteiger partial charge in [-0.25, -0.2) is 4.68 Å². The van der Waals surface area contributed by atoms with Crippen LogP contribution in [0.3, 0.4) is 0 Å². The van der Waals surface area contributed by atoms with Gasteiger partial charge in [0.05, 0.1) is 27.4 Å². The standard InChI is InChI=1S/C11H4Cl3F3N2O/c12-7-1-6(11(15,16)17)2-8(13)9(7)19-10(14)5(4-20)3-18-19/h1-4H. The van der Waals surface area contributed by atoms with Crippen molar-refractivity contribution in [1.29, 1.82) is 0 Å². The van der Waals surface area contributed by atoms with Gasteiger partial charge in [-0.15, -0.1) is 0 Å². The maximum absolute atomic E-state index is 12.6. The fourth-order valence-electron chi connectivity index (χ4n) is 1.51. The lowest BCUT2D eigenvalue weighted by Gasteiger charge is -2.12. The third-order valence-corrected chi connectivity index (χ3v) is 3.37. The van der Waals surface area contributed by atoms with Crippen molar-refractivity contribution in [3.63, 3.8) is 0 Å². The van der Waals surface area contributed by atoms with Gasteiger partial charge in [0, 0.05) is 0 Å². The van der Waals surface area contributed by atoms with E-state index in [0.29, 0.717) is 18.4 Å². The van der Waals surface area contributed by atoms with Crippen LogP contribution < -0.4 is 0 Å². The predicted molar refractivity (Wildman–Crippen MR) is 69.0 cm³/mol. The molecule has 2 rings (SSSR count). The number of rotatable bonds is 2. The van der Waals surface area contributed by atoms with Gasteiger partial charge in [-0.3, -0.25) is 4.79 Å². The van der Waals surface area contributed by atoms with Crippen LogP contribution in [0.15, 0.2) is 18.3 Å². The second-order valence-electron chi connectivity index (χ2n) is 3.71. The van der Waals surface area contributed by atoms with E-state index in [1.165, 1.54) is 0 Å². The number of carbonyl (C=O) groups is 1. The van der Waals surface area contributed by atoms with Gasteiger partial charge < -0.3 is 0 Å². The van der Waals surface area contributed by atoms with Crippen molar-refractivity contribution >= 4 is 41.1 Å². The van der Waals surface area contributed by atoms with Crippen LogP contribution in [0.1, 0.15) is 15.9 Å². The lowest BCUT2D eigenvalue weighted by Crippen LogP contribution is -2.07. The molecule has 106 valence electrons. The zero-order valence-electron chi connectivity index (χ0n) is 9.38. The van der Waals surface area contributed by atoms with Gasteiger partial charge in [0.1, 0.15) is 10.8 Å². The molecule has 0 aliphatic carbocycles. The summed E-state index contributed by atoms with van der Waals surface area (Å²) in [5, 5.41) is 3.11. The Morgan fingerprint density at radius 3 is 2.10 bits per heavy atom. The summed E-state index contributed by atoms with van der Waals surface area (Å²) in [5.41, 5.74) is -0.951. The molecule has 20 heavy (non-hydrogen) atoms. The molecule has 1 aromatic carbocycles. The third kappa shape index (κ3) is 2.63. The number of carbonyl (C=O) groups excluding carboxylic acids is 1. The van der Waals surface area contributed by atoms with Gasteiger partial charge in [0.25, 0.3) is 0 Å². The van der Waals surface area contributed by atoms with Gasteiger partial charge in [0.2, 0.25) is 0 Å². The summed E-state index contributed by atoms with van der Waals surface area (Å²) in [5.74, 6) is 0. The van der Waals surface area contributed by atoms with Gasteiger partial charge in [-0.2, -0.15) is 18.3 Å². The van der Waals surface area contributed by atoms with E-state index in [1.54, 1.807) is 0 Å². The van der Waals surface area contributed by atoms with Crippen LogP contribution in [-0.2, 0) is 6.18 Å². The molecule has 0 atom stereocenters. The largest absolute Gasteiger partial charge is 0.416 e. The Bertz CT molecular complexity index is 659. The SMILES string of the molecule is O=Cc1cnn(-c2c(Cl)cc(C(F)(F)F)cc2Cl)c1Cl. The number of alkyl halides is 3. The van der Waals surface area contributed by atoms with E-state index in [9.17, 15) is 18.0 Å². The Kier molecular flexibility index (Phi) is 4.00.